The van der Waals surface area contributed by atoms with Gasteiger partial charge in [0.25, 0.3) is 0 Å². The molecule has 4 N–H and O–H groups in total. The molecule has 2 aromatic carbocycles. The van der Waals surface area contributed by atoms with Gasteiger partial charge in [0.2, 0.25) is 5.91 Å². The molecular weight excluding hydrogens is 414 g/mol. The summed E-state index contributed by atoms with van der Waals surface area (Å²) < 4.78 is 0. The van der Waals surface area contributed by atoms with Crippen molar-refractivity contribution < 1.29 is 9.59 Å². The average molecular weight is 446 g/mol. The number of hydrogen-bond donors (Lipinski definition) is 3. The summed E-state index contributed by atoms with van der Waals surface area (Å²) >= 11 is 0. The number of pyridine rings is 1. The van der Waals surface area contributed by atoms with Crippen LogP contribution in [-0.4, -0.2) is 48.4 Å². The molecule has 0 saturated carbocycles. The molecule has 0 radical (unpaired) electrons. The van der Waals surface area contributed by atoms with Crippen molar-refractivity contribution in [1.82, 2.24) is 15.6 Å². The lowest BCUT2D eigenvalue weighted by molar-refractivity contribution is -0.128. The number of hydrogen-bond acceptors (Lipinski definition) is 6. The minimum absolute atomic E-state index is 0.00120. The van der Waals surface area contributed by atoms with E-state index in [1.165, 1.54) is 10.8 Å². The number of nitrogen functional groups attached to an aromatic ring is 1. The Kier molecular flexibility index (Phi) is 6.89. The number of aromatic nitrogens is 1. The zero-order chi connectivity index (χ0) is 23.4. The van der Waals surface area contributed by atoms with E-state index in [-0.39, 0.29) is 17.7 Å². The molecule has 7 heteroatoms. The summed E-state index contributed by atoms with van der Waals surface area (Å²) in [6.45, 7) is 5.71. The minimum atomic E-state index is -0.547. The highest BCUT2D eigenvalue weighted by atomic mass is 16.2. The van der Waals surface area contributed by atoms with Gasteiger partial charge in [-0.3, -0.25) is 9.59 Å². The quantitative estimate of drug-likeness (QED) is 0.517. The van der Waals surface area contributed by atoms with E-state index in [4.69, 9.17) is 5.73 Å². The molecular formula is C26H31N5O2. The van der Waals surface area contributed by atoms with Gasteiger partial charge >= 0.3 is 0 Å². The van der Waals surface area contributed by atoms with Crippen LogP contribution in [0.3, 0.4) is 0 Å². The molecule has 1 aliphatic rings. The van der Waals surface area contributed by atoms with Gasteiger partial charge in [-0.1, -0.05) is 42.5 Å². The molecule has 1 fully saturated rings. The van der Waals surface area contributed by atoms with Crippen LogP contribution in [0.25, 0.3) is 10.8 Å². The molecule has 7 nitrogen and oxygen atoms in total. The van der Waals surface area contributed by atoms with Gasteiger partial charge in [0.1, 0.15) is 11.9 Å². The highest BCUT2D eigenvalue weighted by Crippen LogP contribution is 2.27. The van der Waals surface area contributed by atoms with Crippen LogP contribution in [0.2, 0.25) is 0 Å². The summed E-state index contributed by atoms with van der Waals surface area (Å²) in [5, 5.41) is 8.56. The van der Waals surface area contributed by atoms with Gasteiger partial charge in [-0.25, -0.2) is 4.98 Å². The van der Waals surface area contributed by atoms with Crippen LogP contribution in [0, 0.1) is 6.92 Å². The smallest absolute Gasteiger partial charge is 0.239 e. The van der Waals surface area contributed by atoms with Crippen molar-refractivity contribution in [2.75, 3.05) is 30.3 Å². The molecule has 1 saturated heterocycles. The van der Waals surface area contributed by atoms with Crippen LogP contribution in [0.4, 0.5) is 11.5 Å². The van der Waals surface area contributed by atoms with Crippen molar-refractivity contribution in [2.24, 2.45) is 0 Å². The van der Waals surface area contributed by atoms with Crippen molar-refractivity contribution in [2.45, 2.75) is 38.8 Å². The Bertz CT molecular complexity index is 1160. The van der Waals surface area contributed by atoms with E-state index in [2.05, 4.69) is 44.8 Å². The van der Waals surface area contributed by atoms with E-state index < -0.39 is 6.04 Å². The van der Waals surface area contributed by atoms with Crippen LogP contribution in [-0.2, 0) is 16.0 Å². The zero-order valence-electron chi connectivity index (χ0n) is 19.2. The predicted octanol–water partition coefficient (Wildman–Crippen LogP) is 2.61. The topological polar surface area (TPSA) is 100 Å². The molecule has 2 heterocycles. The maximum Gasteiger partial charge on any atom is 0.239 e. The Hall–Kier alpha value is -3.45. The number of nitrogens with two attached hydrogens (primary N) is 1. The lowest BCUT2D eigenvalue weighted by Gasteiger charge is -2.35. The third kappa shape index (κ3) is 5.31. The maximum atomic E-state index is 12.9. The number of nitrogens with zero attached hydrogens (tertiary/aromatic N) is 2. The Labute approximate surface area is 194 Å². The van der Waals surface area contributed by atoms with Crippen LogP contribution in [0.5, 0.6) is 0 Å². The molecule has 33 heavy (non-hydrogen) atoms. The third-order valence-electron chi connectivity index (χ3n) is 6.30. The fraction of sp³-hybridized carbons (Fsp3) is 0.346. The van der Waals surface area contributed by atoms with Crippen LogP contribution in [0.1, 0.15) is 24.6 Å². The van der Waals surface area contributed by atoms with Crippen molar-refractivity contribution in [1.29, 1.82) is 0 Å². The van der Waals surface area contributed by atoms with Gasteiger partial charge < -0.3 is 21.3 Å². The first-order valence-corrected chi connectivity index (χ1v) is 11.4. The second-order valence-electron chi connectivity index (χ2n) is 8.63. The van der Waals surface area contributed by atoms with Gasteiger partial charge in [0.15, 0.2) is 5.78 Å². The van der Waals surface area contributed by atoms with Crippen LogP contribution in [0.15, 0.2) is 54.6 Å². The second kappa shape index (κ2) is 10.0. The first-order chi connectivity index (χ1) is 15.9. The number of benzene rings is 2. The number of aryl methyl sites for hydroxylation is 2. The molecule has 2 unspecified atom stereocenters. The maximum absolute atomic E-state index is 12.9. The number of rotatable bonds is 7. The van der Waals surface area contributed by atoms with E-state index in [1.54, 1.807) is 13.0 Å². The number of carbonyl (C=O) groups excluding carboxylic acids is 2. The number of anilines is 2. The van der Waals surface area contributed by atoms with Crippen molar-refractivity contribution >= 4 is 34.0 Å². The van der Waals surface area contributed by atoms with E-state index in [0.29, 0.717) is 31.7 Å². The summed E-state index contributed by atoms with van der Waals surface area (Å²) in [6, 6.07) is 17.2. The first kappa shape index (κ1) is 22.7. The fourth-order valence-electron chi connectivity index (χ4n) is 4.37. The molecule has 1 aromatic heterocycles. The fourth-order valence-corrected chi connectivity index (χ4v) is 4.37. The Balaban J connectivity index is 1.35. The number of Topliss-reactive ketones (excluding diaryl/α,β-unsaturated/α-hetero) is 1. The molecule has 1 aliphatic heterocycles. The van der Waals surface area contributed by atoms with Crippen molar-refractivity contribution in [3.8, 4) is 0 Å². The average Bonchev–Trinajstić information content (AvgIpc) is 2.83. The van der Waals surface area contributed by atoms with E-state index in [1.807, 2.05) is 31.2 Å². The molecule has 4 rings (SSSR count). The lowest BCUT2D eigenvalue weighted by Crippen LogP contribution is -2.58. The summed E-state index contributed by atoms with van der Waals surface area (Å²) in [7, 11) is 0. The number of piperazine rings is 1. The molecule has 172 valence electrons. The minimum Gasteiger partial charge on any atom is -0.384 e. The van der Waals surface area contributed by atoms with E-state index in [0.717, 1.165) is 23.5 Å². The molecule has 2 atom stereocenters. The SMILES string of the molecule is Cc1nc(N)ccc1CCC(=O)C(C)NC(=O)C1CN(c2cccc3ccccc23)CCN1. The Morgan fingerprint density at radius 2 is 1.97 bits per heavy atom. The molecule has 3 aromatic rings. The van der Waals surface area contributed by atoms with Crippen molar-refractivity contribution in [3.63, 3.8) is 0 Å². The standard InChI is InChI=1S/C26H31N5O2/c1-17-19(11-13-25(27)29-17)10-12-24(32)18(2)30-26(33)22-16-31(15-14-28-22)23-9-5-7-20-6-3-4-8-21(20)23/h3-9,11,13,18,22,28H,10,12,14-16H2,1-2H3,(H2,27,29)(H,30,33). The Morgan fingerprint density at radius 1 is 1.18 bits per heavy atom. The molecule has 0 aliphatic carbocycles. The number of fused-ring (bicyclic) bond motifs is 1. The predicted molar refractivity (Wildman–Crippen MR) is 132 cm³/mol. The number of nitrogens with one attached hydrogen (secondary N) is 2. The lowest BCUT2D eigenvalue weighted by atomic mass is 10.0. The number of carbonyl (C=O) groups is 2. The summed E-state index contributed by atoms with van der Waals surface area (Å²) in [5.74, 6) is 0.327. The number of ketones is 1. The normalized spacial score (nSPS) is 17.0. The summed E-state index contributed by atoms with van der Waals surface area (Å²) in [4.78, 5) is 32.1. The molecule has 0 spiro atoms. The van der Waals surface area contributed by atoms with Gasteiger partial charge in [-0.15, -0.1) is 0 Å². The summed E-state index contributed by atoms with van der Waals surface area (Å²) in [6.07, 6.45) is 0.919. The zero-order valence-corrected chi connectivity index (χ0v) is 19.2. The molecule has 1 amide bonds. The van der Waals surface area contributed by atoms with Gasteiger partial charge in [0.05, 0.1) is 6.04 Å². The van der Waals surface area contributed by atoms with E-state index >= 15 is 0 Å². The summed E-state index contributed by atoms with van der Waals surface area (Å²) in [5.41, 5.74) is 8.65. The highest BCUT2D eigenvalue weighted by Gasteiger charge is 2.28. The first-order valence-electron chi connectivity index (χ1n) is 11.4. The van der Waals surface area contributed by atoms with Crippen LogP contribution < -0.4 is 21.3 Å². The third-order valence-corrected chi connectivity index (χ3v) is 6.30. The second-order valence-corrected chi connectivity index (χ2v) is 8.63. The van der Waals surface area contributed by atoms with Crippen molar-refractivity contribution in [3.05, 3.63) is 65.9 Å². The monoisotopic (exact) mass is 445 g/mol. The van der Waals surface area contributed by atoms with Gasteiger partial charge in [0, 0.05) is 42.8 Å². The van der Waals surface area contributed by atoms with Gasteiger partial charge in [-0.05, 0) is 43.4 Å². The van der Waals surface area contributed by atoms with E-state index in [9.17, 15) is 9.59 Å². The Morgan fingerprint density at radius 3 is 2.79 bits per heavy atom. The number of amides is 1. The molecule has 0 bridgehead atoms. The highest BCUT2D eigenvalue weighted by molar-refractivity contribution is 5.95. The van der Waals surface area contributed by atoms with Crippen LogP contribution >= 0.6 is 0 Å². The van der Waals surface area contributed by atoms with Gasteiger partial charge in [-0.2, -0.15) is 0 Å². The largest absolute Gasteiger partial charge is 0.384 e.